The number of aromatic nitrogens is 1. The number of fused-ring (bicyclic) bond motifs is 1. The molecule has 0 bridgehead atoms. The van der Waals surface area contributed by atoms with Crippen molar-refractivity contribution >= 4 is 32.5 Å². The third-order valence-corrected chi connectivity index (χ3v) is 6.43. The standard InChI is InChI=1S/C21H25N3O5S/c1-15-4-7-17(8-5-15)30(27,28)13-10-20(25)22-16-6-9-19-18(14-16)24(21(26)29-19)12-11-23(2)3/h4-9,14H,10-13H2,1-3H3,(H,22,25). The molecule has 0 unspecified atom stereocenters. The molecule has 0 fully saturated rings. The zero-order chi connectivity index (χ0) is 21.9. The summed E-state index contributed by atoms with van der Waals surface area (Å²) in [7, 11) is 0.269. The van der Waals surface area contributed by atoms with E-state index >= 15 is 0 Å². The van der Waals surface area contributed by atoms with Crippen molar-refractivity contribution < 1.29 is 17.6 Å². The van der Waals surface area contributed by atoms with Gasteiger partial charge in [0.25, 0.3) is 0 Å². The predicted molar refractivity (Wildman–Crippen MR) is 116 cm³/mol. The molecule has 0 radical (unpaired) electrons. The smallest absolute Gasteiger partial charge is 0.408 e. The second-order valence-corrected chi connectivity index (χ2v) is 9.54. The minimum absolute atomic E-state index is 0.174. The molecule has 0 spiro atoms. The molecule has 0 aliphatic carbocycles. The van der Waals surface area contributed by atoms with Gasteiger partial charge in [-0.3, -0.25) is 9.36 Å². The van der Waals surface area contributed by atoms with Crippen LogP contribution in [0.2, 0.25) is 0 Å². The van der Waals surface area contributed by atoms with Crippen LogP contribution >= 0.6 is 0 Å². The Hall–Kier alpha value is -2.91. The van der Waals surface area contributed by atoms with E-state index in [9.17, 15) is 18.0 Å². The highest BCUT2D eigenvalue weighted by Gasteiger charge is 2.17. The van der Waals surface area contributed by atoms with Crippen LogP contribution in [-0.4, -0.2) is 50.2 Å². The number of rotatable bonds is 8. The molecule has 1 N–H and O–H groups in total. The van der Waals surface area contributed by atoms with Gasteiger partial charge in [0, 0.05) is 25.2 Å². The molecule has 0 saturated heterocycles. The monoisotopic (exact) mass is 431 g/mol. The van der Waals surface area contributed by atoms with Gasteiger partial charge in [0.15, 0.2) is 15.4 Å². The first-order valence-corrected chi connectivity index (χ1v) is 11.2. The number of oxazole rings is 1. The van der Waals surface area contributed by atoms with Crippen LogP contribution in [0.25, 0.3) is 11.1 Å². The number of likely N-dealkylation sites (N-methyl/N-ethyl adjacent to an activating group) is 1. The minimum atomic E-state index is -3.54. The molecule has 0 atom stereocenters. The van der Waals surface area contributed by atoms with E-state index in [0.717, 1.165) is 5.56 Å². The molecule has 160 valence electrons. The quantitative estimate of drug-likeness (QED) is 0.587. The van der Waals surface area contributed by atoms with Crippen LogP contribution in [0.3, 0.4) is 0 Å². The van der Waals surface area contributed by atoms with Crippen LogP contribution in [0.5, 0.6) is 0 Å². The van der Waals surface area contributed by atoms with Gasteiger partial charge in [-0.05, 0) is 51.4 Å². The van der Waals surface area contributed by atoms with Gasteiger partial charge in [0.2, 0.25) is 5.91 Å². The van der Waals surface area contributed by atoms with Crippen molar-refractivity contribution in [2.24, 2.45) is 0 Å². The lowest BCUT2D eigenvalue weighted by Crippen LogP contribution is -2.23. The predicted octanol–water partition coefficient (Wildman–Crippen LogP) is 2.27. The summed E-state index contributed by atoms with van der Waals surface area (Å²) in [5.41, 5.74) is 2.44. The second kappa shape index (κ2) is 8.85. The molecular weight excluding hydrogens is 406 g/mol. The number of benzene rings is 2. The molecule has 1 amide bonds. The Bertz CT molecular complexity index is 1210. The van der Waals surface area contributed by atoms with Crippen molar-refractivity contribution in [3.63, 3.8) is 0 Å². The summed E-state index contributed by atoms with van der Waals surface area (Å²) >= 11 is 0. The van der Waals surface area contributed by atoms with Crippen LogP contribution in [0.15, 0.2) is 56.6 Å². The van der Waals surface area contributed by atoms with Crippen molar-refractivity contribution in [3.8, 4) is 0 Å². The number of hydrogen-bond acceptors (Lipinski definition) is 6. The zero-order valence-corrected chi connectivity index (χ0v) is 18.0. The number of amides is 1. The van der Waals surface area contributed by atoms with Gasteiger partial charge in [-0.2, -0.15) is 0 Å². The lowest BCUT2D eigenvalue weighted by Gasteiger charge is -2.10. The number of carbonyl (C=O) groups excluding carboxylic acids is 1. The average Bonchev–Trinajstić information content (AvgIpc) is 2.99. The molecular formula is C21H25N3O5S. The molecule has 1 heterocycles. The number of sulfone groups is 1. The van der Waals surface area contributed by atoms with Crippen LogP contribution in [0.1, 0.15) is 12.0 Å². The number of nitrogens with one attached hydrogen (secondary N) is 1. The molecule has 30 heavy (non-hydrogen) atoms. The molecule has 0 aliphatic heterocycles. The average molecular weight is 432 g/mol. The van der Waals surface area contributed by atoms with Gasteiger partial charge < -0.3 is 14.6 Å². The lowest BCUT2D eigenvalue weighted by molar-refractivity contribution is -0.115. The Morgan fingerprint density at radius 2 is 1.83 bits per heavy atom. The minimum Gasteiger partial charge on any atom is -0.408 e. The Balaban J connectivity index is 1.69. The summed E-state index contributed by atoms with van der Waals surface area (Å²) in [6.07, 6.45) is -0.174. The largest absolute Gasteiger partial charge is 0.419 e. The summed E-state index contributed by atoms with van der Waals surface area (Å²) < 4.78 is 31.6. The van der Waals surface area contributed by atoms with Gasteiger partial charge in [-0.1, -0.05) is 17.7 Å². The summed E-state index contributed by atoms with van der Waals surface area (Å²) in [5.74, 6) is -1.17. The maximum atomic E-state index is 12.4. The fourth-order valence-electron chi connectivity index (χ4n) is 2.97. The first kappa shape index (κ1) is 21.8. The van der Waals surface area contributed by atoms with Crippen molar-refractivity contribution in [1.29, 1.82) is 0 Å². The second-order valence-electron chi connectivity index (χ2n) is 7.44. The summed E-state index contributed by atoms with van der Waals surface area (Å²) in [5, 5.41) is 2.70. The van der Waals surface area contributed by atoms with Gasteiger partial charge >= 0.3 is 5.76 Å². The van der Waals surface area contributed by atoms with E-state index in [1.54, 1.807) is 42.5 Å². The van der Waals surface area contributed by atoms with E-state index in [4.69, 9.17) is 4.42 Å². The number of carbonyl (C=O) groups is 1. The molecule has 0 saturated carbocycles. The van der Waals surface area contributed by atoms with Crippen molar-refractivity contribution in [2.45, 2.75) is 24.8 Å². The molecule has 1 aromatic heterocycles. The Labute approximate surface area is 175 Å². The summed E-state index contributed by atoms with van der Waals surface area (Å²) in [4.78, 5) is 26.5. The van der Waals surface area contributed by atoms with E-state index in [2.05, 4.69) is 5.32 Å². The molecule has 2 aromatic carbocycles. The maximum absolute atomic E-state index is 12.4. The topological polar surface area (TPSA) is 102 Å². The van der Waals surface area contributed by atoms with Crippen molar-refractivity contribution in [2.75, 3.05) is 31.7 Å². The van der Waals surface area contributed by atoms with Gasteiger partial charge in [-0.15, -0.1) is 0 Å². The zero-order valence-electron chi connectivity index (χ0n) is 17.2. The molecule has 3 aromatic rings. The molecule has 9 heteroatoms. The summed E-state index contributed by atoms with van der Waals surface area (Å²) in [6, 6.07) is 11.4. The first-order chi connectivity index (χ1) is 14.2. The van der Waals surface area contributed by atoms with Crippen LogP contribution in [-0.2, 0) is 21.2 Å². The fourth-order valence-corrected chi connectivity index (χ4v) is 4.21. The fraction of sp³-hybridized carbons (Fsp3) is 0.333. The highest BCUT2D eigenvalue weighted by molar-refractivity contribution is 7.91. The molecule has 8 nitrogen and oxygen atoms in total. The third-order valence-electron chi connectivity index (χ3n) is 4.70. The van der Waals surface area contributed by atoms with Crippen LogP contribution < -0.4 is 11.1 Å². The first-order valence-electron chi connectivity index (χ1n) is 9.53. The van der Waals surface area contributed by atoms with Gasteiger partial charge in [-0.25, -0.2) is 13.2 Å². The van der Waals surface area contributed by atoms with E-state index in [1.165, 1.54) is 4.57 Å². The van der Waals surface area contributed by atoms with Crippen LogP contribution in [0, 0.1) is 6.92 Å². The van der Waals surface area contributed by atoms with E-state index in [1.807, 2.05) is 25.9 Å². The SMILES string of the molecule is Cc1ccc(S(=O)(=O)CCC(=O)Nc2ccc3oc(=O)n(CCN(C)C)c3c2)cc1. The number of aryl methyl sites for hydroxylation is 1. The highest BCUT2D eigenvalue weighted by atomic mass is 32.2. The number of nitrogens with zero attached hydrogens (tertiary/aromatic N) is 2. The Morgan fingerprint density at radius 3 is 2.50 bits per heavy atom. The van der Waals surface area contributed by atoms with E-state index < -0.39 is 21.5 Å². The lowest BCUT2D eigenvalue weighted by atomic mass is 10.2. The van der Waals surface area contributed by atoms with Crippen molar-refractivity contribution in [1.82, 2.24) is 9.47 Å². The van der Waals surface area contributed by atoms with E-state index in [0.29, 0.717) is 29.9 Å². The Kier molecular flexibility index (Phi) is 6.42. The Morgan fingerprint density at radius 1 is 1.13 bits per heavy atom. The molecule has 3 rings (SSSR count). The maximum Gasteiger partial charge on any atom is 0.419 e. The normalized spacial score (nSPS) is 11.9. The van der Waals surface area contributed by atoms with Gasteiger partial charge in [0.05, 0.1) is 16.2 Å². The van der Waals surface area contributed by atoms with E-state index in [-0.39, 0.29) is 17.1 Å². The van der Waals surface area contributed by atoms with Crippen molar-refractivity contribution in [3.05, 3.63) is 58.6 Å². The number of anilines is 1. The summed E-state index contributed by atoms with van der Waals surface area (Å²) in [6.45, 7) is 2.98. The number of hydrogen-bond donors (Lipinski definition) is 1. The third kappa shape index (κ3) is 5.17. The van der Waals surface area contributed by atoms with Gasteiger partial charge in [0.1, 0.15) is 0 Å². The van der Waals surface area contributed by atoms with Crippen LogP contribution in [0.4, 0.5) is 5.69 Å². The molecule has 0 aliphatic rings. The highest BCUT2D eigenvalue weighted by Crippen LogP contribution is 2.19.